The molecule has 1 saturated carbocycles. The van der Waals surface area contributed by atoms with Crippen LogP contribution in [-0.4, -0.2) is 47.2 Å². The van der Waals surface area contributed by atoms with Gasteiger partial charge in [-0.25, -0.2) is 0 Å². The Kier molecular flexibility index (Phi) is 6.90. The average Bonchev–Trinajstić information content (AvgIpc) is 3.52. The summed E-state index contributed by atoms with van der Waals surface area (Å²) in [6, 6.07) is 12.9. The number of halogens is 1. The van der Waals surface area contributed by atoms with Crippen molar-refractivity contribution in [3.05, 3.63) is 64.3 Å². The Bertz CT molecular complexity index is 1430. The number of nitriles is 1. The minimum atomic E-state index is -0.947. The van der Waals surface area contributed by atoms with E-state index in [1.54, 1.807) is 25.3 Å². The van der Waals surface area contributed by atoms with E-state index in [1.165, 1.54) is 4.90 Å². The van der Waals surface area contributed by atoms with Crippen molar-refractivity contribution in [1.29, 1.82) is 5.26 Å². The third-order valence-corrected chi connectivity index (χ3v) is 7.58. The number of Topliss-reactive ketones (excluding diaryl/α,β-unsaturated/α-hetero) is 1. The highest BCUT2D eigenvalue weighted by Gasteiger charge is 2.38. The maximum Gasteiger partial charge on any atom is 0.271 e. The maximum absolute atomic E-state index is 13.8. The van der Waals surface area contributed by atoms with Gasteiger partial charge in [0.05, 0.1) is 13.2 Å². The number of fused-ring (bicyclic) bond motifs is 2. The first-order chi connectivity index (χ1) is 17.9. The van der Waals surface area contributed by atoms with Crippen LogP contribution in [0.5, 0.6) is 5.75 Å². The first-order valence-electron chi connectivity index (χ1n) is 12.4. The number of nitrogens with zero attached hydrogens (tertiary/aromatic N) is 2. The highest BCUT2D eigenvalue weighted by Crippen LogP contribution is 2.34. The zero-order valence-corrected chi connectivity index (χ0v) is 21.2. The van der Waals surface area contributed by atoms with Gasteiger partial charge < -0.3 is 19.9 Å². The van der Waals surface area contributed by atoms with Crippen LogP contribution in [0.1, 0.15) is 53.3 Å². The summed E-state index contributed by atoms with van der Waals surface area (Å²) >= 11 is 6.22. The summed E-state index contributed by atoms with van der Waals surface area (Å²) in [4.78, 5) is 44.3. The number of ether oxygens (including phenoxy) is 1. The molecule has 8 nitrogen and oxygen atoms in total. The molecule has 3 aromatic rings. The molecule has 1 aliphatic carbocycles. The predicted molar refractivity (Wildman–Crippen MR) is 138 cm³/mol. The number of hydrogen-bond acceptors (Lipinski definition) is 5. The molecule has 2 N–H and O–H groups in total. The number of benzene rings is 2. The van der Waals surface area contributed by atoms with E-state index < -0.39 is 18.0 Å². The minimum absolute atomic E-state index is 0.137. The molecule has 2 heterocycles. The van der Waals surface area contributed by atoms with Gasteiger partial charge in [0.1, 0.15) is 29.3 Å². The van der Waals surface area contributed by atoms with E-state index in [1.807, 2.05) is 24.3 Å². The van der Waals surface area contributed by atoms with E-state index in [0.29, 0.717) is 41.4 Å². The average molecular weight is 519 g/mol. The van der Waals surface area contributed by atoms with E-state index in [4.69, 9.17) is 16.3 Å². The van der Waals surface area contributed by atoms with Gasteiger partial charge >= 0.3 is 0 Å². The number of aromatic amines is 1. The molecule has 1 aromatic heterocycles. The molecule has 0 bridgehead atoms. The topological polar surface area (TPSA) is 115 Å². The molecule has 190 valence electrons. The van der Waals surface area contributed by atoms with Crippen molar-refractivity contribution in [1.82, 2.24) is 15.2 Å². The smallest absolute Gasteiger partial charge is 0.271 e. The molecule has 1 fully saturated rings. The second kappa shape index (κ2) is 10.3. The van der Waals surface area contributed by atoms with Crippen LogP contribution in [0, 0.1) is 17.2 Å². The molecule has 9 heteroatoms. The van der Waals surface area contributed by atoms with Gasteiger partial charge in [0, 0.05) is 34.8 Å². The van der Waals surface area contributed by atoms with Gasteiger partial charge in [-0.2, -0.15) is 5.26 Å². The molecule has 0 radical (unpaired) electrons. The second-order valence-corrected chi connectivity index (χ2v) is 10.0. The Balaban J connectivity index is 1.46. The summed E-state index contributed by atoms with van der Waals surface area (Å²) in [7, 11) is 1.57. The number of amides is 2. The van der Waals surface area contributed by atoms with E-state index >= 15 is 0 Å². The van der Waals surface area contributed by atoms with Crippen molar-refractivity contribution in [2.24, 2.45) is 5.92 Å². The molecule has 0 saturated heterocycles. The summed E-state index contributed by atoms with van der Waals surface area (Å²) in [5, 5.41) is 13.9. The molecule has 2 amide bonds. The van der Waals surface area contributed by atoms with E-state index in [0.717, 1.165) is 29.3 Å². The second-order valence-electron chi connectivity index (χ2n) is 9.58. The minimum Gasteiger partial charge on any atom is -0.496 e. The molecule has 0 spiro atoms. The maximum atomic E-state index is 13.8. The quantitative estimate of drug-likeness (QED) is 0.503. The summed E-state index contributed by atoms with van der Waals surface area (Å²) < 4.78 is 5.43. The number of hydrogen-bond donors (Lipinski definition) is 2. The Hall–Kier alpha value is -3.83. The molecule has 3 unspecified atom stereocenters. The van der Waals surface area contributed by atoms with Crippen LogP contribution in [0.4, 0.5) is 0 Å². The lowest BCUT2D eigenvalue weighted by molar-refractivity contribution is -0.127. The number of carbonyl (C=O) groups excluding carboxylic acids is 3. The van der Waals surface area contributed by atoms with Crippen molar-refractivity contribution in [3.63, 3.8) is 0 Å². The van der Waals surface area contributed by atoms with Crippen molar-refractivity contribution in [3.8, 4) is 11.8 Å². The monoisotopic (exact) mass is 518 g/mol. The lowest BCUT2D eigenvalue weighted by atomic mass is 9.91. The molecule has 5 rings (SSSR count). The van der Waals surface area contributed by atoms with Gasteiger partial charge in [-0.15, -0.1) is 0 Å². The standard InChI is InChI=1S/C28H27ClN4O4/c1-37-25-7-3-5-22-21(25)14-23(32-22)28(36)33-11-10-16-12-18(29)8-9-20(16)26(33)27(35)31-19(15-30)13-17-4-2-6-24(17)34/h3,5,7-9,12,14,17,19,26,32H,2,4,6,10-11,13H2,1H3,(H,31,35). The number of methoxy groups -OCH3 is 1. The normalized spacial score (nSPS) is 19.8. The fourth-order valence-electron chi connectivity index (χ4n) is 5.49. The van der Waals surface area contributed by atoms with Crippen LogP contribution in [0.15, 0.2) is 42.5 Å². The van der Waals surface area contributed by atoms with Crippen LogP contribution < -0.4 is 10.1 Å². The third kappa shape index (κ3) is 4.79. The van der Waals surface area contributed by atoms with Gasteiger partial charge in [0.2, 0.25) is 5.91 Å². The first-order valence-corrected chi connectivity index (χ1v) is 12.7. The Morgan fingerprint density at radius 1 is 1.27 bits per heavy atom. The molecular formula is C28H27ClN4O4. The Morgan fingerprint density at radius 3 is 2.84 bits per heavy atom. The summed E-state index contributed by atoms with van der Waals surface area (Å²) in [5.41, 5.74) is 2.64. The van der Waals surface area contributed by atoms with Crippen molar-refractivity contribution >= 4 is 40.1 Å². The number of rotatable bonds is 6. The third-order valence-electron chi connectivity index (χ3n) is 7.34. The van der Waals surface area contributed by atoms with Crippen LogP contribution in [0.2, 0.25) is 5.02 Å². The highest BCUT2D eigenvalue weighted by molar-refractivity contribution is 6.30. The van der Waals surface area contributed by atoms with E-state index in [-0.39, 0.29) is 24.0 Å². The summed E-state index contributed by atoms with van der Waals surface area (Å²) in [6.45, 7) is 0.301. The van der Waals surface area contributed by atoms with Crippen LogP contribution in [-0.2, 0) is 16.0 Å². The van der Waals surface area contributed by atoms with Crippen molar-refractivity contribution < 1.29 is 19.1 Å². The van der Waals surface area contributed by atoms with Crippen LogP contribution >= 0.6 is 11.6 Å². The van der Waals surface area contributed by atoms with Gasteiger partial charge in [-0.1, -0.05) is 23.7 Å². The fraction of sp³-hybridized carbons (Fsp3) is 0.357. The fourth-order valence-corrected chi connectivity index (χ4v) is 5.68. The van der Waals surface area contributed by atoms with Gasteiger partial charge in [-0.3, -0.25) is 14.4 Å². The number of ketones is 1. The van der Waals surface area contributed by atoms with Crippen LogP contribution in [0.25, 0.3) is 10.9 Å². The van der Waals surface area contributed by atoms with Gasteiger partial charge in [0.25, 0.3) is 5.91 Å². The van der Waals surface area contributed by atoms with E-state index in [2.05, 4.69) is 16.4 Å². The lowest BCUT2D eigenvalue weighted by Crippen LogP contribution is -2.49. The zero-order valence-electron chi connectivity index (χ0n) is 20.4. The van der Waals surface area contributed by atoms with E-state index in [9.17, 15) is 19.6 Å². The molecule has 2 aliphatic rings. The highest BCUT2D eigenvalue weighted by atomic mass is 35.5. The Labute approximate surface area is 219 Å². The largest absolute Gasteiger partial charge is 0.496 e. The molecule has 1 aliphatic heterocycles. The van der Waals surface area contributed by atoms with Crippen molar-refractivity contribution in [2.75, 3.05) is 13.7 Å². The Morgan fingerprint density at radius 2 is 2.11 bits per heavy atom. The first kappa shape index (κ1) is 24.8. The SMILES string of the molecule is COc1cccc2[nH]c(C(=O)N3CCc4cc(Cl)ccc4C3C(=O)NC(C#N)CC3CCCC3=O)cc12. The summed E-state index contributed by atoms with van der Waals surface area (Å²) in [6.07, 6.45) is 2.87. The molecular weight excluding hydrogens is 492 g/mol. The lowest BCUT2D eigenvalue weighted by Gasteiger charge is -2.36. The molecule has 2 aromatic carbocycles. The van der Waals surface area contributed by atoms with Gasteiger partial charge in [0.15, 0.2) is 0 Å². The van der Waals surface area contributed by atoms with Crippen LogP contribution in [0.3, 0.4) is 0 Å². The zero-order chi connectivity index (χ0) is 26.1. The van der Waals surface area contributed by atoms with Crippen molar-refractivity contribution in [2.45, 2.75) is 44.2 Å². The number of carbonyl (C=O) groups is 3. The molecule has 3 atom stereocenters. The van der Waals surface area contributed by atoms with Gasteiger partial charge in [-0.05, 0) is 67.1 Å². The number of H-pyrrole nitrogens is 1. The summed E-state index contributed by atoms with van der Waals surface area (Å²) in [5.74, 6) is -0.237. The number of aromatic nitrogens is 1. The predicted octanol–water partition coefficient (Wildman–Crippen LogP) is 4.34. The number of nitrogens with one attached hydrogen (secondary N) is 2. The molecule has 37 heavy (non-hydrogen) atoms.